The summed E-state index contributed by atoms with van der Waals surface area (Å²) in [6.07, 6.45) is 0. The van der Waals surface area contributed by atoms with E-state index in [4.69, 9.17) is 11.0 Å². The summed E-state index contributed by atoms with van der Waals surface area (Å²) < 4.78 is 0. The van der Waals surface area contributed by atoms with Crippen molar-refractivity contribution in [2.75, 3.05) is 0 Å². The van der Waals surface area contributed by atoms with Gasteiger partial charge in [0.2, 0.25) is 0 Å². The van der Waals surface area contributed by atoms with Crippen LogP contribution in [0.5, 0.6) is 0 Å². The molecule has 0 atom stereocenters. The van der Waals surface area contributed by atoms with Crippen LogP contribution in [0.25, 0.3) is 5.70 Å². The maximum atomic E-state index is 11.0. The minimum atomic E-state index is -0.311. The van der Waals surface area contributed by atoms with Crippen molar-refractivity contribution in [3.8, 4) is 6.07 Å². The van der Waals surface area contributed by atoms with E-state index >= 15 is 0 Å². The number of Topliss-reactive ketones (excluding diaryl/α,β-unsaturated/α-hetero) is 1. The Morgan fingerprint density at radius 3 is 2.36 bits per heavy atom. The summed E-state index contributed by atoms with van der Waals surface area (Å²) in [5.74, 6) is -0.311. The second-order valence-electron chi connectivity index (χ2n) is 2.82. The fourth-order valence-corrected chi connectivity index (χ4v) is 1.09. The summed E-state index contributed by atoms with van der Waals surface area (Å²) in [4.78, 5) is 11.0. The lowest BCUT2D eigenvalue weighted by Crippen LogP contribution is -2.06. The molecule has 0 amide bonds. The third-order valence-electron chi connectivity index (χ3n) is 1.82. The molecule has 0 fully saturated rings. The zero-order valence-corrected chi connectivity index (χ0v) is 7.82. The Balaban J connectivity index is 3.23. The minimum absolute atomic E-state index is 0.0104. The molecule has 0 saturated carbocycles. The number of ketones is 1. The molecule has 1 aromatic carbocycles. The van der Waals surface area contributed by atoms with Crippen molar-refractivity contribution in [2.24, 2.45) is 5.73 Å². The highest BCUT2D eigenvalue weighted by molar-refractivity contribution is 6.04. The number of nitriles is 1. The van der Waals surface area contributed by atoms with E-state index < -0.39 is 0 Å². The molecule has 0 unspecified atom stereocenters. The predicted molar refractivity (Wildman–Crippen MR) is 53.8 cm³/mol. The topological polar surface area (TPSA) is 66.9 Å². The largest absolute Gasteiger partial charge is 0.397 e. The highest BCUT2D eigenvalue weighted by Crippen LogP contribution is 2.12. The number of hydrogen-bond acceptors (Lipinski definition) is 3. The number of carbonyl (C=O) groups is 1. The first kappa shape index (κ1) is 10.0. The summed E-state index contributed by atoms with van der Waals surface area (Å²) in [5.41, 5.74) is 6.63. The van der Waals surface area contributed by atoms with E-state index in [1.807, 2.05) is 6.07 Å². The van der Waals surface area contributed by atoms with Gasteiger partial charge in [0.15, 0.2) is 5.78 Å². The van der Waals surface area contributed by atoms with Crippen LogP contribution in [0.15, 0.2) is 35.9 Å². The van der Waals surface area contributed by atoms with E-state index in [0.29, 0.717) is 5.56 Å². The fraction of sp³-hybridized carbons (Fsp3) is 0.0909. The molecule has 1 rings (SSSR count). The number of rotatable bonds is 2. The van der Waals surface area contributed by atoms with Crippen LogP contribution in [0.1, 0.15) is 12.5 Å². The van der Waals surface area contributed by atoms with Gasteiger partial charge in [0.05, 0.1) is 5.70 Å². The molecule has 0 aromatic heterocycles. The van der Waals surface area contributed by atoms with Gasteiger partial charge in [-0.2, -0.15) is 5.26 Å². The van der Waals surface area contributed by atoms with E-state index in [1.165, 1.54) is 6.92 Å². The smallest absolute Gasteiger partial charge is 0.172 e. The SMILES string of the molecule is CC(=O)/C(C#N)=C(/N)c1ccccc1. The van der Waals surface area contributed by atoms with Crippen LogP contribution < -0.4 is 5.73 Å². The third kappa shape index (κ3) is 1.99. The van der Waals surface area contributed by atoms with Crippen LogP contribution >= 0.6 is 0 Å². The van der Waals surface area contributed by atoms with E-state index in [9.17, 15) is 4.79 Å². The minimum Gasteiger partial charge on any atom is -0.397 e. The van der Waals surface area contributed by atoms with Crippen molar-refractivity contribution in [1.29, 1.82) is 5.26 Å². The molecule has 0 heterocycles. The molecule has 0 bridgehead atoms. The number of carbonyl (C=O) groups excluding carboxylic acids is 1. The van der Waals surface area contributed by atoms with E-state index in [-0.39, 0.29) is 17.1 Å². The second kappa shape index (κ2) is 4.24. The Morgan fingerprint density at radius 1 is 1.36 bits per heavy atom. The van der Waals surface area contributed by atoms with Crippen molar-refractivity contribution in [3.63, 3.8) is 0 Å². The van der Waals surface area contributed by atoms with Gasteiger partial charge in [-0.25, -0.2) is 0 Å². The lowest BCUT2D eigenvalue weighted by Gasteiger charge is -2.02. The van der Waals surface area contributed by atoms with Gasteiger partial charge in [0.1, 0.15) is 11.6 Å². The first-order valence-electron chi connectivity index (χ1n) is 4.13. The fourth-order valence-electron chi connectivity index (χ4n) is 1.09. The van der Waals surface area contributed by atoms with E-state index in [2.05, 4.69) is 0 Å². The van der Waals surface area contributed by atoms with E-state index in [0.717, 1.165) is 0 Å². The summed E-state index contributed by atoms with van der Waals surface area (Å²) >= 11 is 0. The van der Waals surface area contributed by atoms with Crippen LogP contribution in [0.4, 0.5) is 0 Å². The molecule has 1 aromatic rings. The Bertz CT molecular complexity index is 413. The molecule has 0 aliphatic rings. The van der Waals surface area contributed by atoms with Crippen LogP contribution in [0, 0.1) is 11.3 Å². The highest BCUT2D eigenvalue weighted by atomic mass is 16.1. The number of benzene rings is 1. The summed E-state index contributed by atoms with van der Waals surface area (Å²) in [7, 11) is 0. The molecular weight excluding hydrogens is 176 g/mol. The summed E-state index contributed by atoms with van der Waals surface area (Å²) in [5, 5.41) is 8.72. The summed E-state index contributed by atoms with van der Waals surface area (Å²) in [6, 6.07) is 10.8. The quantitative estimate of drug-likeness (QED) is 0.561. The first-order valence-corrected chi connectivity index (χ1v) is 4.13. The predicted octanol–water partition coefficient (Wildman–Crippen LogP) is 1.47. The highest BCUT2D eigenvalue weighted by Gasteiger charge is 2.09. The molecule has 0 aliphatic heterocycles. The van der Waals surface area contributed by atoms with Gasteiger partial charge < -0.3 is 5.73 Å². The Kier molecular flexibility index (Phi) is 3.03. The molecular formula is C11H10N2O. The number of nitrogens with two attached hydrogens (primary N) is 1. The Hall–Kier alpha value is -2.08. The lowest BCUT2D eigenvalue weighted by molar-refractivity contribution is -0.113. The number of allylic oxidation sites excluding steroid dienone is 1. The molecule has 0 saturated heterocycles. The molecule has 3 heteroatoms. The maximum absolute atomic E-state index is 11.0. The van der Waals surface area contributed by atoms with Crippen molar-refractivity contribution in [2.45, 2.75) is 6.92 Å². The Labute approximate surface area is 82.5 Å². The average Bonchev–Trinajstić information content (AvgIpc) is 2.19. The zero-order chi connectivity index (χ0) is 10.6. The van der Waals surface area contributed by atoms with Gasteiger partial charge in [-0.3, -0.25) is 4.79 Å². The standard InChI is InChI=1S/C11H10N2O/c1-8(14)10(7-12)11(13)9-5-3-2-4-6-9/h2-6H,13H2,1H3/b11-10+. The summed E-state index contributed by atoms with van der Waals surface area (Å²) in [6.45, 7) is 1.33. The van der Waals surface area contributed by atoms with Crippen molar-refractivity contribution in [3.05, 3.63) is 41.5 Å². The van der Waals surface area contributed by atoms with Gasteiger partial charge >= 0.3 is 0 Å². The van der Waals surface area contributed by atoms with Crippen molar-refractivity contribution < 1.29 is 4.79 Å². The molecule has 2 N–H and O–H groups in total. The van der Waals surface area contributed by atoms with Crippen LogP contribution in [0.2, 0.25) is 0 Å². The number of hydrogen-bond donors (Lipinski definition) is 1. The first-order chi connectivity index (χ1) is 6.66. The van der Waals surface area contributed by atoms with Crippen molar-refractivity contribution in [1.82, 2.24) is 0 Å². The zero-order valence-electron chi connectivity index (χ0n) is 7.82. The maximum Gasteiger partial charge on any atom is 0.172 e. The van der Waals surface area contributed by atoms with E-state index in [1.54, 1.807) is 30.3 Å². The average molecular weight is 186 g/mol. The molecule has 70 valence electrons. The second-order valence-corrected chi connectivity index (χ2v) is 2.82. The van der Waals surface area contributed by atoms with Crippen LogP contribution in [-0.2, 0) is 4.79 Å². The lowest BCUT2D eigenvalue weighted by atomic mass is 10.1. The van der Waals surface area contributed by atoms with Gasteiger partial charge in [0.25, 0.3) is 0 Å². The molecule has 0 spiro atoms. The van der Waals surface area contributed by atoms with Gasteiger partial charge in [-0.1, -0.05) is 30.3 Å². The molecule has 14 heavy (non-hydrogen) atoms. The monoisotopic (exact) mass is 186 g/mol. The third-order valence-corrected chi connectivity index (χ3v) is 1.82. The van der Waals surface area contributed by atoms with Crippen LogP contribution in [0.3, 0.4) is 0 Å². The Morgan fingerprint density at radius 2 is 1.93 bits per heavy atom. The van der Waals surface area contributed by atoms with Gasteiger partial charge in [-0.15, -0.1) is 0 Å². The molecule has 0 aliphatic carbocycles. The molecule has 0 radical (unpaired) electrons. The molecule has 3 nitrogen and oxygen atoms in total. The van der Waals surface area contributed by atoms with Gasteiger partial charge in [0, 0.05) is 0 Å². The number of nitrogens with zero attached hydrogens (tertiary/aromatic N) is 1. The van der Waals surface area contributed by atoms with Crippen LogP contribution in [-0.4, -0.2) is 5.78 Å². The normalized spacial score (nSPS) is 11.4. The van der Waals surface area contributed by atoms with Crippen molar-refractivity contribution >= 4 is 11.5 Å². The van der Waals surface area contributed by atoms with Gasteiger partial charge in [-0.05, 0) is 12.5 Å².